The Hall–Kier alpha value is -1.06. The van der Waals surface area contributed by atoms with Crippen LogP contribution in [0, 0.1) is 0 Å². The molecule has 1 aromatic carbocycles. The zero-order valence-corrected chi connectivity index (χ0v) is 12.1. The van der Waals surface area contributed by atoms with Crippen LogP contribution in [0.5, 0.6) is 5.75 Å². The Balaban J connectivity index is 1.78. The second kappa shape index (κ2) is 7.51. The zero-order valence-electron chi connectivity index (χ0n) is 12.1. The number of hydrogen-bond donors (Lipinski definition) is 0. The third-order valence-electron chi connectivity index (χ3n) is 3.48. The fraction of sp³-hybridized carbons (Fsp3) is 0.625. The Morgan fingerprint density at radius 3 is 2.68 bits per heavy atom. The van der Waals surface area contributed by atoms with Crippen molar-refractivity contribution < 1.29 is 9.47 Å². The van der Waals surface area contributed by atoms with Crippen molar-refractivity contribution in [2.24, 2.45) is 0 Å². The number of benzene rings is 1. The summed E-state index contributed by atoms with van der Waals surface area (Å²) >= 11 is 0. The predicted octanol–water partition coefficient (Wildman–Crippen LogP) is 3.09. The standard InChI is InChI=1S/C16H25NO2/c1-3-18-15-9-7-14(8-10-15)12-17(2)13-16-6-4-5-11-19-16/h7-10,16H,3-6,11-13H2,1-2H3/t16-/m0/s1. The minimum atomic E-state index is 0.418. The Morgan fingerprint density at radius 2 is 2.05 bits per heavy atom. The molecule has 0 aromatic heterocycles. The molecule has 1 aliphatic heterocycles. The van der Waals surface area contributed by atoms with E-state index in [1.54, 1.807) is 0 Å². The third kappa shape index (κ3) is 4.84. The van der Waals surface area contributed by atoms with Crippen molar-refractivity contribution in [1.29, 1.82) is 0 Å². The van der Waals surface area contributed by atoms with E-state index in [1.165, 1.54) is 24.8 Å². The zero-order chi connectivity index (χ0) is 13.5. The number of hydrogen-bond acceptors (Lipinski definition) is 3. The lowest BCUT2D eigenvalue weighted by molar-refractivity contribution is -0.00259. The van der Waals surface area contributed by atoms with E-state index in [1.807, 2.05) is 19.1 Å². The lowest BCUT2D eigenvalue weighted by atomic mass is 10.1. The van der Waals surface area contributed by atoms with Crippen LogP contribution in [0.2, 0.25) is 0 Å². The van der Waals surface area contributed by atoms with E-state index >= 15 is 0 Å². The Morgan fingerprint density at radius 1 is 1.26 bits per heavy atom. The minimum Gasteiger partial charge on any atom is -0.494 e. The van der Waals surface area contributed by atoms with E-state index in [0.29, 0.717) is 6.10 Å². The van der Waals surface area contributed by atoms with E-state index in [-0.39, 0.29) is 0 Å². The van der Waals surface area contributed by atoms with Gasteiger partial charge in [0.15, 0.2) is 0 Å². The van der Waals surface area contributed by atoms with Gasteiger partial charge in [0.05, 0.1) is 12.7 Å². The first kappa shape index (κ1) is 14.4. The highest BCUT2D eigenvalue weighted by atomic mass is 16.5. The first-order valence-corrected chi connectivity index (χ1v) is 7.30. The predicted molar refractivity (Wildman–Crippen MR) is 77.5 cm³/mol. The van der Waals surface area contributed by atoms with Crippen molar-refractivity contribution in [3.63, 3.8) is 0 Å². The number of rotatable bonds is 6. The maximum atomic E-state index is 5.78. The lowest BCUT2D eigenvalue weighted by Gasteiger charge is -2.27. The molecule has 106 valence electrons. The minimum absolute atomic E-state index is 0.418. The van der Waals surface area contributed by atoms with Crippen molar-refractivity contribution in [3.05, 3.63) is 29.8 Å². The van der Waals surface area contributed by atoms with Crippen LogP contribution in [0.3, 0.4) is 0 Å². The highest BCUT2D eigenvalue weighted by Gasteiger charge is 2.15. The van der Waals surface area contributed by atoms with E-state index in [9.17, 15) is 0 Å². The summed E-state index contributed by atoms with van der Waals surface area (Å²) in [7, 11) is 2.16. The molecule has 2 rings (SSSR count). The lowest BCUT2D eigenvalue weighted by Crippen LogP contribution is -2.33. The Kier molecular flexibility index (Phi) is 5.67. The Bertz CT molecular complexity index is 358. The van der Waals surface area contributed by atoms with Crippen LogP contribution in [-0.2, 0) is 11.3 Å². The molecular formula is C16H25NO2. The molecule has 0 saturated carbocycles. The van der Waals surface area contributed by atoms with Crippen LogP contribution < -0.4 is 4.74 Å². The molecule has 19 heavy (non-hydrogen) atoms. The molecule has 0 spiro atoms. The summed E-state index contributed by atoms with van der Waals surface area (Å²) in [5, 5.41) is 0. The van der Waals surface area contributed by atoms with E-state index in [4.69, 9.17) is 9.47 Å². The fourth-order valence-corrected chi connectivity index (χ4v) is 2.53. The van der Waals surface area contributed by atoms with Crippen LogP contribution in [0.1, 0.15) is 31.7 Å². The van der Waals surface area contributed by atoms with Gasteiger partial charge in [-0.05, 0) is 50.9 Å². The van der Waals surface area contributed by atoms with Crippen molar-refractivity contribution in [1.82, 2.24) is 4.90 Å². The van der Waals surface area contributed by atoms with Crippen molar-refractivity contribution >= 4 is 0 Å². The second-order valence-electron chi connectivity index (χ2n) is 5.26. The van der Waals surface area contributed by atoms with Crippen molar-refractivity contribution in [3.8, 4) is 5.75 Å². The molecule has 3 nitrogen and oxygen atoms in total. The van der Waals surface area contributed by atoms with Crippen molar-refractivity contribution in [2.45, 2.75) is 38.8 Å². The van der Waals surface area contributed by atoms with Crippen LogP contribution in [0.25, 0.3) is 0 Å². The van der Waals surface area contributed by atoms with Gasteiger partial charge in [0.25, 0.3) is 0 Å². The van der Waals surface area contributed by atoms with Gasteiger partial charge in [-0.15, -0.1) is 0 Å². The summed E-state index contributed by atoms with van der Waals surface area (Å²) in [6.07, 6.45) is 4.15. The largest absolute Gasteiger partial charge is 0.494 e. The topological polar surface area (TPSA) is 21.7 Å². The summed E-state index contributed by atoms with van der Waals surface area (Å²) in [4.78, 5) is 2.34. The van der Waals surface area contributed by atoms with Gasteiger partial charge in [0.2, 0.25) is 0 Å². The van der Waals surface area contributed by atoms with E-state index in [0.717, 1.165) is 32.1 Å². The molecule has 1 aromatic rings. The number of nitrogens with zero attached hydrogens (tertiary/aromatic N) is 1. The molecule has 1 atom stereocenters. The quantitative estimate of drug-likeness (QED) is 0.787. The molecule has 3 heteroatoms. The molecule has 0 amide bonds. The molecule has 1 fully saturated rings. The van der Waals surface area contributed by atoms with Gasteiger partial charge in [0.1, 0.15) is 5.75 Å². The van der Waals surface area contributed by atoms with E-state index in [2.05, 4.69) is 24.1 Å². The van der Waals surface area contributed by atoms with Crippen LogP contribution in [0.15, 0.2) is 24.3 Å². The highest BCUT2D eigenvalue weighted by Crippen LogP contribution is 2.16. The SMILES string of the molecule is CCOc1ccc(CN(C)C[C@@H]2CCCCO2)cc1. The molecule has 0 unspecified atom stereocenters. The molecule has 0 bridgehead atoms. The van der Waals surface area contributed by atoms with Gasteiger partial charge in [-0.25, -0.2) is 0 Å². The van der Waals surface area contributed by atoms with Crippen LogP contribution in [-0.4, -0.2) is 37.8 Å². The van der Waals surface area contributed by atoms with Gasteiger partial charge in [-0.1, -0.05) is 12.1 Å². The first-order chi connectivity index (χ1) is 9.28. The molecule has 0 aliphatic carbocycles. The maximum absolute atomic E-state index is 5.78. The second-order valence-corrected chi connectivity index (χ2v) is 5.26. The maximum Gasteiger partial charge on any atom is 0.119 e. The van der Waals surface area contributed by atoms with E-state index < -0.39 is 0 Å². The number of likely N-dealkylation sites (N-methyl/N-ethyl adjacent to an activating group) is 1. The molecule has 0 radical (unpaired) electrons. The van der Waals surface area contributed by atoms with Gasteiger partial charge in [0, 0.05) is 19.7 Å². The number of ether oxygens (including phenoxy) is 2. The molecule has 1 aliphatic rings. The normalized spacial score (nSPS) is 19.6. The Labute approximate surface area is 116 Å². The summed E-state index contributed by atoms with van der Waals surface area (Å²) in [5.41, 5.74) is 1.32. The van der Waals surface area contributed by atoms with Crippen LogP contribution in [0.4, 0.5) is 0 Å². The fourth-order valence-electron chi connectivity index (χ4n) is 2.53. The molecule has 1 saturated heterocycles. The van der Waals surface area contributed by atoms with Gasteiger partial charge in [-0.2, -0.15) is 0 Å². The van der Waals surface area contributed by atoms with Gasteiger partial charge in [-0.3, -0.25) is 4.90 Å². The highest BCUT2D eigenvalue weighted by molar-refractivity contribution is 5.27. The van der Waals surface area contributed by atoms with Crippen LogP contribution >= 0.6 is 0 Å². The van der Waals surface area contributed by atoms with Gasteiger partial charge >= 0.3 is 0 Å². The summed E-state index contributed by atoms with van der Waals surface area (Å²) in [6.45, 7) is 5.64. The summed E-state index contributed by atoms with van der Waals surface area (Å²) < 4.78 is 11.2. The van der Waals surface area contributed by atoms with Crippen molar-refractivity contribution in [2.75, 3.05) is 26.8 Å². The average Bonchev–Trinajstić information content (AvgIpc) is 2.42. The third-order valence-corrected chi connectivity index (χ3v) is 3.48. The van der Waals surface area contributed by atoms with Gasteiger partial charge < -0.3 is 9.47 Å². The monoisotopic (exact) mass is 263 g/mol. The molecule has 0 N–H and O–H groups in total. The first-order valence-electron chi connectivity index (χ1n) is 7.30. The smallest absolute Gasteiger partial charge is 0.119 e. The molecule has 1 heterocycles. The molecular weight excluding hydrogens is 238 g/mol. The average molecular weight is 263 g/mol. The summed E-state index contributed by atoms with van der Waals surface area (Å²) in [5.74, 6) is 0.949. The summed E-state index contributed by atoms with van der Waals surface area (Å²) in [6, 6.07) is 8.38.